The molecule has 28 heavy (non-hydrogen) atoms. The van der Waals surface area contributed by atoms with Gasteiger partial charge in [-0.1, -0.05) is 72.8 Å². The van der Waals surface area contributed by atoms with Gasteiger partial charge in [-0.15, -0.1) is 0 Å². The zero-order valence-electron chi connectivity index (χ0n) is 15.9. The molecule has 142 valence electrons. The Hall–Kier alpha value is -3.40. The van der Waals surface area contributed by atoms with Crippen LogP contribution in [0.15, 0.2) is 84.9 Å². The molecular weight excluding hydrogens is 350 g/mol. The van der Waals surface area contributed by atoms with E-state index in [4.69, 9.17) is 4.74 Å². The van der Waals surface area contributed by atoms with Gasteiger partial charge in [0, 0.05) is 18.7 Å². The number of ether oxygens (including phenoxy) is 1. The normalized spacial score (nSPS) is 10.3. The van der Waals surface area contributed by atoms with E-state index in [1.807, 2.05) is 60.7 Å². The summed E-state index contributed by atoms with van der Waals surface area (Å²) in [5, 5.41) is 0. The number of rotatable bonds is 8. The van der Waals surface area contributed by atoms with E-state index in [9.17, 15) is 9.59 Å². The fourth-order valence-corrected chi connectivity index (χ4v) is 2.88. The summed E-state index contributed by atoms with van der Waals surface area (Å²) >= 11 is 0. The van der Waals surface area contributed by atoms with E-state index in [1.165, 1.54) is 6.92 Å². The average molecular weight is 373 g/mol. The van der Waals surface area contributed by atoms with Crippen LogP contribution in [-0.2, 0) is 17.9 Å². The maximum atomic E-state index is 12.9. The first-order chi connectivity index (χ1) is 13.6. The van der Waals surface area contributed by atoms with Gasteiger partial charge in [-0.05, 0) is 30.2 Å². The Balaban J connectivity index is 1.70. The number of hydrogen-bond acceptors (Lipinski definition) is 3. The molecule has 0 fully saturated rings. The third-order valence-electron chi connectivity index (χ3n) is 4.39. The molecule has 0 aliphatic rings. The third kappa shape index (κ3) is 5.55. The Morgan fingerprint density at radius 1 is 0.786 bits per heavy atom. The first kappa shape index (κ1) is 19.4. The molecule has 0 radical (unpaired) electrons. The molecule has 0 atom stereocenters. The molecule has 0 saturated carbocycles. The van der Waals surface area contributed by atoms with Crippen LogP contribution in [0.1, 0.15) is 28.4 Å². The van der Waals surface area contributed by atoms with Crippen molar-refractivity contribution in [3.05, 3.63) is 102 Å². The van der Waals surface area contributed by atoms with Crippen molar-refractivity contribution in [1.29, 1.82) is 0 Å². The number of carbonyl (C=O) groups is 2. The zero-order chi connectivity index (χ0) is 19.8. The lowest BCUT2D eigenvalue weighted by Crippen LogP contribution is -2.34. The summed E-state index contributed by atoms with van der Waals surface area (Å²) < 4.78 is 5.67. The second-order valence-corrected chi connectivity index (χ2v) is 6.59. The molecule has 0 spiro atoms. The minimum atomic E-state index is -0.110. The van der Waals surface area contributed by atoms with Crippen LogP contribution >= 0.6 is 0 Å². The van der Waals surface area contributed by atoms with Crippen LogP contribution in [0, 0.1) is 0 Å². The highest BCUT2D eigenvalue weighted by Gasteiger charge is 2.16. The fraction of sp³-hybridized carbons (Fsp3) is 0.167. The van der Waals surface area contributed by atoms with Gasteiger partial charge in [0.25, 0.3) is 5.91 Å². The highest BCUT2D eigenvalue weighted by molar-refractivity contribution is 5.94. The van der Waals surface area contributed by atoms with E-state index in [0.29, 0.717) is 24.4 Å². The molecule has 0 bridgehead atoms. The molecule has 0 unspecified atom stereocenters. The number of Topliss-reactive ketones (excluding diaryl/α,β-unsaturated/α-hetero) is 1. The molecule has 0 saturated heterocycles. The van der Waals surface area contributed by atoms with Gasteiger partial charge in [0.2, 0.25) is 0 Å². The summed E-state index contributed by atoms with van der Waals surface area (Å²) in [4.78, 5) is 26.2. The van der Waals surface area contributed by atoms with E-state index in [0.717, 1.165) is 11.1 Å². The molecular formula is C24H23NO3. The zero-order valence-corrected chi connectivity index (χ0v) is 15.9. The number of carbonyl (C=O) groups excluding carboxylic acids is 2. The predicted octanol–water partition coefficient (Wildman–Crippen LogP) is 4.50. The van der Waals surface area contributed by atoms with Crippen molar-refractivity contribution in [2.24, 2.45) is 0 Å². The van der Waals surface area contributed by atoms with Gasteiger partial charge in [0.1, 0.15) is 5.75 Å². The Kier molecular flexibility index (Phi) is 6.58. The van der Waals surface area contributed by atoms with Gasteiger partial charge in [-0.3, -0.25) is 9.59 Å². The van der Waals surface area contributed by atoms with Crippen LogP contribution in [0.25, 0.3) is 0 Å². The number of benzene rings is 3. The molecule has 0 aromatic heterocycles. The molecule has 4 nitrogen and oxygen atoms in total. The molecule has 3 aromatic carbocycles. The highest BCUT2D eigenvalue weighted by atomic mass is 16.5. The second kappa shape index (κ2) is 9.51. The lowest BCUT2D eigenvalue weighted by molar-refractivity contribution is -0.134. The van der Waals surface area contributed by atoms with Gasteiger partial charge in [0.05, 0.1) is 0 Å². The second-order valence-electron chi connectivity index (χ2n) is 6.59. The van der Waals surface area contributed by atoms with Crippen LogP contribution in [0.3, 0.4) is 0 Å². The van der Waals surface area contributed by atoms with Gasteiger partial charge in [-0.2, -0.15) is 0 Å². The molecule has 3 aromatic rings. The van der Waals surface area contributed by atoms with Crippen LogP contribution in [0.2, 0.25) is 0 Å². The van der Waals surface area contributed by atoms with Crippen LogP contribution in [-0.4, -0.2) is 23.2 Å². The molecule has 0 heterocycles. The van der Waals surface area contributed by atoms with E-state index >= 15 is 0 Å². The molecule has 4 heteroatoms. The number of amides is 1. The highest BCUT2D eigenvalue weighted by Crippen LogP contribution is 2.15. The first-order valence-electron chi connectivity index (χ1n) is 9.21. The number of ketones is 1. The molecule has 0 aliphatic carbocycles. The Bertz CT molecular complexity index is 881. The summed E-state index contributed by atoms with van der Waals surface area (Å²) in [6.07, 6.45) is 0. The minimum absolute atomic E-state index is 0.0356. The summed E-state index contributed by atoms with van der Waals surface area (Å²) in [6.45, 7) is 2.43. The fourth-order valence-electron chi connectivity index (χ4n) is 2.88. The van der Waals surface area contributed by atoms with E-state index in [-0.39, 0.29) is 18.3 Å². The summed E-state index contributed by atoms with van der Waals surface area (Å²) in [7, 11) is 0. The number of hydrogen-bond donors (Lipinski definition) is 0. The molecule has 0 N–H and O–H groups in total. The van der Waals surface area contributed by atoms with Crippen molar-refractivity contribution in [1.82, 2.24) is 4.90 Å². The van der Waals surface area contributed by atoms with E-state index < -0.39 is 0 Å². The molecule has 1 amide bonds. The van der Waals surface area contributed by atoms with Gasteiger partial charge in [0.15, 0.2) is 12.4 Å². The number of nitrogens with zero attached hydrogens (tertiary/aromatic N) is 1. The van der Waals surface area contributed by atoms with Crippen molar-refractivity contribution >= 4 is 11.7 Å². The standard InChI is InChI=1S/C24H23NO3/c1-19(26)22-13-8-14-23(15-22)28-18-24(27)25(16-20-9-4-2-5-10-20)17-21-11-6-3-7-12-21/h2-15H,16-18H2,1H3. The van der Waals surface area contributed by atoms with Crippen molar-refractivity contribution in [2.75, 3.05) is 6.61 Å². The van der Waals surface area contributed by atoms with E-state index in [2.05, 4.69) is 0 Å². The van der Waals surface area contributed by atoms with Crippen LogP contribution in [0.5, 0.6) is 5.75 Å². The SMILES string of the molecule is CC(=O)c1cccc(OCC(=O)N(Cc2ccccc2)Cc2ccccc2)c1. The van der Waals surface area contributed by atoms with Crippen molar-refractivity contribution in [3.63, 3.8) is 0 Å². The Morgan fingerprint density at radius 2 is 1.36 bits per heavy atom. The maximum absolute atomic E-state index is 12.9. The van der Waals surface area contributed by atoms with Crippen LogP contribution < -0.4 is 4.74 Å². The van der Waals surface area contributed by atoms with Gasteiger partial charge < -0.3 is 9.64 Å². The van der Waals surface area contributed by atoms with Crippen LogP contribution in [0.4, 0.5) is 0 Å². The van der Waals surface area contributed by atoms with Gasteiger partial charge >= 0.3 is 0 Å². The topological polar surface area (TPSA) is 46.6 Å². The lowest BCUT2D eigenvalue weighted by atomic mass is 10.1. The van der Waals surface area contributed by atoms with Crippen molar-refractivity contribution in [2.45, 2.75) is 20.0 Å². The Labute approximate surface area is 165 Å². The summed E-state index contributed by atoms with van der Waals surface area (Å²) in [6, 6.07) is 26.7. The predicted molar refractivity (Wildman–Crippen MR) is 109 cm³/mol. The van der Waals surface area contributed by atoms with Crippen molar-refractivity contribution in [3.8, 4) is 5.75 Å². The van der Waals surface area contributed by atoms with Crippen molar-refractivity contribution < 1.29 is 14.3 Å². The lowest BCUT2D eigenvalue weighted by Gasteiger charge is -2.23. The van der Waals surface area contributed by atoms with Gasteiger partial charge in [-0.25, -0.2) is 0 Å². The first-order valence-corrected chi connectivity index (χ1v) is 9.21. The third-order valence-corrected chi connectivity index (χ3v) is 4.39. The maximum Gasteiger partial charge on any atom is 0.261 e. The van der Waals surface area contributed by atoms with E-state index in [1.54, 1.807) is 29.2 Å². The largest absolute Gasteiger partial charge is 0.484 e. The summed E-state index contributed by atoms with van der Waals surface area (Å²) in [5.74, 6) is 0.368. The molecule has 0 aliphatic heterocycles. The average Bonchev–Trinajstić information content (AvgIpc) is 2.73. The smallest absolute Gasteiger partial charge is 0.261 e. The monoisotopic (exact) mass is 373 g/mol. The minimum Gasteiger partial charge on any atom is -0.484 e. The Morgan fingerprint density at radius 3 is 1.89 bits per heavy atom. The quantitative estimate of drug-likeness (QED) is 0.546. The summed E-state index contributed by atoms with van der Waals surface area (Å²) in [5.41, 5.74) is 2.69. The molecule has 3 rings (SSSR count).